The normalized spacial score (nSPS) is 11.1. The van der Waals surface area contributed by atoms with Gasteiger partial charge in [-0.3, -0.25) is 9.89 Å². The van der Waals surface area contributed by atoms with Crippen LogP contribution in [0.5, 0.6) is 0 Å². The lowest BCUT2D eigenvalue weighted by Gasteiger charge is -2.24. The number of aromatic nitrogens is 2. The Labute approximate surface area is 114 Å². The van der Waals surface area contributed by atoms with Gasteiger partial charge >= 0.3 is 0 Å². The van der Waals surface area contributed by atoms with E-state index >= 15 is 0 Å². The SMILES string of the molecule is CCCC(C#N)(CCC)C(=O)NCc1cn[nH]c1C. The Morgan fingerprint density at radius 2 is 2.11 bits per heavy atom. The zero-order valence-corrected chi connectivity index (χ0v) is 11.9. The second kappa shape index (κ2) is 6.93. The first-order chi connectivity index (χ1) is 9.09. The van der Waals surface area contributed by atoms with Gasteiger partial charge in [0.1, 0.15) is 5.41 Å². The van der Waals surface area contributed by atoms with Crippen LogP contribution in [-0.4, -0.2) is 16.1 Å². The van der Waals surface area contributed by atoms with Gasteiger partial charge in [0.15, 0.2) is 0 Å². The molecule has 0 saturated heterocycles. The van der Waals surface area contributed by atoms with Crippen LogP contribution >= 0.6 is 0 Å². The first-order valence-electron chi connectivity index (χ1n) is 6.78. The predicted molar refractivity (Wildman–Crippen MR) is 73.0 cm³/mol. The molecule has 1 amide bonds. The Hall–Kier alpha value is -1.83. The standard InChI is InChI=1S/C14H22N4O/c1-4-6-14(10-15,7-5-2)13(19)16-8-12-9-17-18-11(12)3/h9H,4-8H2,1-3H3,(H,16,19)(H,17,18). The van der Waals surface area contributed by atoms with Crippen LogP contribution in [0.25, 0.3) is 0 Å². The maximum absolute atomic E-state index is 12.3. The molecule has 19 heavy (non-hydrogen) atoms. The molecule has 0 spiro atoms. The van der Waals surface area contributed by atoms with E-state index in [2.05, 4.69) is 21.6 Å². The lowest BCUT2D eigenvalue weighted by atomic mass is 9.79. The number of carbonyl (C=O) groups is 1. The molecular formula is C14H22N4O. The van der Waals surface area contributed by atoms with Crippen LogP contribution in [0.15, 0.2) is 6.20 Å². The van der Waals surface area contributed by atoms with Gasteiger partial charge in [0.05, 0.1) is 12.3 Å². The number of H-pyrrole nitrogens is 1. The minimum atomic E-state index is -0.888. The van der Waals surface area contributed by atoms with Crippen molar-refractivity contribution in [3.05, 3.63) is 17.5 Å². The molecule has 2 N–H and O–H groups in total. The van der Waals surface area contributed by atoms with Gasteiger partial charge in [-0.1, -0.05) is 26.7 Å². The van der Waals surface area contributed by atoms with Gasteiger partial charge in [-0.15, -0.1) is 0 Å². The van der Waals surface area contributed by atoms with E-state index in [9.17, 15) is 10.1 Å². The maximum Gasteiger partial charge on any atom is 0.240 e. The number of rotatable bonds is 7. The van der Waals surface area contributed by atoms with Gasteiger partial charge in [-0.25, -0.2) is 0 Å². The van der Waals surface area contributed by atoms with Crippen molar-refractivity contribution >= 4 is 5.91 Å². The topological polar surface area (TPSA) is 81.6 Å². The smallest absolute Gasteiger partial charge is 0.240 e. The molecule has 1 rings (SSSR count). The second-order valence-electron chi connectivity index (χ2n) is 4.90. The molecule has 0 fully saturated rings. The molecule has 0 unspecified atom stereocenters. The Morgan fingerprint density at radius 3 is 2.53 bits per heavy atom. The van der Waals surface area contributed by atoms with Crippen LogP contribution < -0.4 is 5.32 Å². The van der Waals surface area contributed by atoms with Crippen LogP contribution in [0.2, 0.25) is 0 Å². The number of hydrogen-bond acceptors (Lipinski definition) is 3. The van der Waals surface area contributed by atoms with Crippen molar-refractivity contribution in [2.24, 2.45) is 5.41 Å². The van der Waals surface area contributed by atoms with E-state index in [1.165, 1.54) is 0 Å². The van der Waals surface area contributed by atoms with Gasteiger partial charge in [0.25, 0.3) is 0 Å². The quantitative estimate of drug-likeness (QED) is 0.791. The summed E-state index contributed by atoms with van der Waals surface area (Å²) in [5.41, 5.74) is 1.00. The third kappa shape index (κ3) is 3.57. The van der Waals surface area contributed by atoms with E-state index in [0.29, 0.717) is 19.4 Å². The molecule has 0 radical (unpaired) electrons. The molecule has 5 heteroatoms. The van der Waals surface area contributed by atoms with Crippen molar-refractivity contribution in [2.45, 2.75) is 53.0 Å². The zero-order chi connectivity index (χ0) is 14.3. The van der Waals surface area contributed by atoms with Gasteiger partial charge in [0, 0.05) is 17.8 Å². The molecule has 5 nitrogen and oxygen atoms in total. The fraction of sp³-hybridized carbons (Fsp3) is 0.643. The number of amides is 1. The average Bonchev–Trinajstić information content (AvgIpc) is 2.81. The summed E-state index contributed by atoms with van der Waals surface area (Å²) in [7, 11) is 0. The molecule has 0 bridgehead atoms. The Balaban J connectivity index is 2.72. The van der Waals surface area contributed by atoms with E-state index in [1.54, 1.807) is 6.20 Å². The summed E-state index contributed by atoms with van der Waals surface area (Å²) in [6, 6.07) is 2.23. The molecular weight excluding hydrogens is 240 g/mol. The van der Waals surface area contributed by atoms with Gasteiger partial charge < -0.3 is 5.32 Å². The first-order valence-corrected chi connectivity index (χ1v) is 6.78. The van der Waals surface area contributed by atoms with Crippen LogP contribution in [0.4, 0.5) is 0 Å². The van der Waals surface area contributed by atoms with E-state index in [0.717, 1.165) is 24.1 Å². The molecule has 0 aliphatic heterocycles. The van der Waals surface area contributed by atoms with Gasteiger partial charge in [-0.2, -0.15) is 10.4 Å². The molecule has 0 aromatic carbocycles. The largest absolute Gasteiger partial charge is 0.351 e. The van der Waals surface area contributed by atoms with Crippen molar-refractivity contribution in [3.8, 4) is 6.07 Å². The van der Waals surface area contributed by atoms with Crippen LogP contribution in [0.1, 0.15) is 50.8 Å². The zero-order valence-electron chi connectivity index (χ0n) is 11.9. The molecule has 0 saturated carbocycles. The number of aryl methyl sites for hydroxylation is 1. The lowest BCUT2D eigenvalue weighted by Crippen LogP contribution is -2.39. The summed E-state index contributed by atoms with van der Waals surface area (Å²) in [6.45, 7) is 6.31. The third-order valence-corrected chi connectivity index (χ3v) is 3.38. The number of nitrogens with zero attached hydrogens (tertiary/aromatic N) is 2. The van der Waals surface area contributed by atoms with Crippen LogP contribution in [0.3, 0.4) is 0 Å². The average molecular weight is 262 g/mol. The Bertz CT molecular complexity index is 452. The lowest BCUT2D eigenvalue weighted by molar-refractivity contribution is -0.129. The minimum absolute atomic E-state index is 0.167. The monoisotopic (exact) mass is 262 g/mol. The molecule has 1 aromatic rings. The highest BCUT2D eigenvalue weighted by Gasteiger charge is 2.36. The fourth-order valence-electron chi connectivity index (χ4n) is 2.27. The predicted octanol–water partition coefficient (Wildman–Crippen LogP) is 2.44. The molecule has 1 heterocycles. The summed E-state index contributed by atoms with van der Waals surface area (Å²) < 4.78 is 0. The Morgan fingerprint density at radius 1 is 1.47 bits per heavy atom. The summed E-state index contributed by atoms with van der Waals surface area (Å²) in [5.74, 6) is -0.167. The highest BCUT2D eigenvalue weighted by Crippen LogP contribution is 2.29. The molecule has 0 aliphatic rings. The fourth-order valence-corrected chi connectivity index (χ4v) is 2.27. The van der Waals surface area contributed by atoms with Crippen molar-refractivity contribution in [1.29, 1.82) is 5.26 Å². The summed E-state index contributed by atoms with van der Waals surface area (Å²) in [6.07, 6.45) is 4.56. The number of aromatic amines is 1. The molecule has 0 aliphatic carbocycles. The van der Waals surface area contributed by atoms with Crippen LogP contribution in [0, 0.1) is 23.7 Å². The van der Waals surface area contributed by atoms with Crippen molar-refractivity contribution < 1.29 is 4.79 Å². The highest BCUT2D eigenvalue weighted by atomic mass is 16.2. The van der Waals surface area contributed by atoms with Crippen LogP contribution in [-0.2, 0) is 11.3 Å². The van der Waals surface area contributed by atoms with Crippen molar-refractivity contribution in [3.63, 3.8) is 0 Å². The number of nitriles is 1. The highest BCUT2D eigenvalue weighted by molar-refractivity contribution is 5.85. The van der Waals surface area contributed by atoms with E-state index in [1.807, 2.05) is 20.8 Å². The second-order valence-corrected chi connectivity index (χ2v) is 4.90. The molecule has 1 aromatic heterocycles. The molecule has 104 valence electrons. The van der Waals surface area contributed by atoms with Gasteiger partial charge in [-0.05, 0) is 19.8 Å². The van der Waals surface area contributed by atoms with E-state index < -0.39 is 5.41 Å². The maximum atomic E-state index is 12.3. The van der Waals surface area contributed by atoms with E-state index in [-0.39, 0.29) is 5.91 Å². The molecule has 0 atom stereocenters. The Kier molecular flexibility index (Phi) is 5.56. The first kappa shape index (κ1) is 15.2. The summed E-state index contributed by atoms with van der Waals surface area (Å²) >= 11 is 0. The minimum Gasteiger partial charge on any atom is -0.351 e. The van der Waals surface area contributed by atoms with Gasteiger partial charge in [0.2, 0.25) is 5.91 Å². The summed E-state index contributed by atoms with van der Waals surface area (Å²) in [5, 5.41) is 19.0. The number of hydrogen-bond donors (Lipinski definition) is 2. The third-order valence-electron chi connectivity index (χ3n) is 3.38. The van der Waals surface area contributed by atoms with E-state index in [4.69, 9.17) is 0 Å². The van der Waals surface area contributed by atoms with Crippen molar-refractivity contribution in [1.82, 2.24) is 15.5 Å². The number of nitrogens with one attached hydrogen (secondary N) is 2. The van der Waals surface area contributed by atoms with Crippen molar-refractivity contribution in [2.75, 3.05) is 0 Å². The summed E-state index contributed by atoms with van der Waals surface area (Å²) in [4.78, 5) is 12.3. The number of carbonyl (C=O) groups excluding carboxylic acids is 1.